The molecule has 5 rings (SSSR count). The highest BCUT2D eigenvalue weighted by molar-refractivity contribution is 7.20. The summed E-state index contributed by atoms with van der Waals surface area (Å²) in [4.78, 5) is 28.9. The molecule has 0 aliphatic carbocycles. The molecule has 1 aliphatic rings. The molecule has 0 atom stereocenters. The Kier molecular flexibility index (Phi) is 6.61. The smallest absolute Gasteiger partial charge is 0.261 e. The van der Waals surface area contributed by atoms with Crippen molar-refractivity contribution in [1.82, 2.24) is 20.0 Å². The molecule has 0 radical (unpaired) electrons. The largest absolute Gasteiger partial charge is 0.349 e. The van der Waals surface area contributed by atoms with Gasteiger partial charge in [0.1, 0.15) is 10.6 Å². The molecule has 1 aliphatic heterocycles. The molecule has 3 heterocycles. The van der Waals surface area contributed by atoms with Crippen LogP contribution in [0, 0.1) is 12.7 Å². The van der Waals surface area contributed by atoms with E-state index in [0.29, 0.717) is 11.4 Å². The van der Waals surface area contributed by atoms with E-state index in [1.165, 1.54) is 23.5 Å². The van der Waals surface area contributed by atoms with Crippen LogP contribution in [0.1, 0.15) is 28.2 Å². The predicted molar refractivity (Wildman–Crippen MR) is 136 cm³/mol. The maximum absolute atomic E-state index is 13.3. The van der Waals surface area contributed by atoms with Gasteiger partial charge in [-0.1, -0.05) is 18.2 Å². The topological polar surface area (TPSA) is 79.3 Å². The first-order valence-electron chi connectivity index (χ1n) is 11.6. The van der Waals surface area contributed by atoms with Crippen molar-refractivity contribution in [2.24, 2.45) is 0 Å². The number of likely N-dealkylation sites (tertiary alicyclic amines) is 1. The molecule has 2 N–H and O–H groups in total. The van der Waals surface area contributed by atoms with Crippen molar-refractivity contribution < 1.29 is 14.0 Å². The molecule has 180 valence electrons. The van der Waals surface area contributed by atoms with E-state index in [0.717, 1.165) is 53.2 Å². The monoisotopic (exact) mass is 491 g/mol. The summed E-state index contributed by atoms with van der Waals surface area (Å²) < 4.78 is 15.1. The van der Waals surface area contributed by atoms with Gasteiger partial charge in [-0.05, 0) is 62.2 Å². The number of rotatable bonds is 6. The molecule has 9 heteroatoms. The fourth-order valence-corrected chi connectivity index (χ4v) is 5.42. The zero-order valence-electron chi connectivity index (χ0n) is 19.3. The van der Waals surface area contributed by atoms with Gasteiger partial charge in [-0.15, -0.1) is 11.3 Å². The van der Waals surface area contributed by atoms with E-state index < -0.39 is 0 Å². The molecule has 0 unspecified atom stereocenters. The number of carbonyl (C=O) groups excluding carboxylic acids is 2. The Labute approximate surface area is 206 Å². The van der Waals surface area contributed by atoms with Gasteiger partial charge in [-0.2, -0.15) is 5.10 Å². The summed E-state index contributed by atoms with van der Waals surface area (Å²) in [5.74, 6) is -0.436. The van der Waals surface area contributed by atoms with Crippen molar-refractivity contribution in [3.05, 3.63) is 77.1 Å². The number of nitrogens with zero attached hydrogens (tertiary/aromatic N) is 3. The number of carbonyl (C=O) groups is 2. The van der Waals surface area contributed by atoms with Crippen LogP contribution >= 0.6 is 11.3 Å². The minimum absolute atomic E-state index is 0.0328. The second-order valence-corrected chi connectivity index (χ2v) is 9.77. The average Bonchev–Trinajstić information content (AvgIpc) is 3.42. The number of aromatic nitrogens is 2. The van der Waals surface area contributed by atoms with Crippen molar-refractivity contribution in [2.75, 3.05) is 25.0 Å². The van der Waals surface area contributed by atoms with Gasteiger partial charge < -0.3 is 10.6 Å². The quantitative estimate of drug-likeness (QED) is 0.420. The van der Waals surface area contributed by atoms with Gasteiger partial charge in [0.15, 0.2) is 0 Å². The summed E-state index contributed by atoms with van der Waals surface area (Å²) in [6, 6.07) is 17.5. The molecule has 4 aromatic rings. The van der Waals surface area contributed by atoms with E-state index in [2.05, 4.69) is 20.6 Å². The fourth-order valence-electron chi connectivity index (χ4n) is 4.33. The van der Waals surface area contributed by atoms with E-state index in [4.69, 9.17) is 0 Å². The normalized spacial score (nSPS) is 14.8. The van der Waals surface area contributed by atoms with Crippen molar-refractivity contribution >= 4 is 39.1 Å². The highest BCUT2D eigenvalue weighted by Gasteiger charge is 2.24. The molecular weight excluding hydrogens is 465 g/mol. The molecule has 0 spiro atoms. The van der Waals surface area contributed by atoms with Crippen LogP contribution in [-0.2, 0) is 4.79 Å². The second kappa shape index (κ2) is 9.97. The number of fused-ring (bicyclic) bond motifs is 1. The van der Waals surface area contributed by atoms with Crippen molar-refractivity contribution in [3.8, 4) is 5.69 Å². The van der Waals surface area contributed by atoms with Gasteiger partial charge in [-0.3, -0.25) is 14.5 Å². The summed E-state index contributed by atoms with van der Waals surface area (Å²) in [6.45, 7) is 3.74. The Hall–Kier alpha value is -3.56. The average molecular weight is 492 g/mol. The number of piperidine rings is 1. The third kappa shape index (κ3) is 5.26. The summed E-state index contributed by atoms with van der Waals surface area (Å²) in [5.41, 5.74) is 2.37. The molecule has 0 bridgehead atoms. The van der Waals surface area contributed by atoms with Crippen LogP contribution in [0.4, 0.5) is 10.1 Å². The summed E-state index contributed by atoms with van der Waals surface area (Å²) >= 11 is 1.38. The second-order valence-electron chi connectivity index (χ2n) is 8.74. The Balaban J connectivity index is 1.18. The third-order valence-electron chi connectivity index (χ3n) is 6.19. The SMILES string of the molecule is Cc1nn(-c2ccc(F)cc2)c2sc(C(=O)NC3CCN(CC(=O)Nc4ccccc4)CC3)cc12. The number of aryl methyl sites for hydroxylation is 1. The van der Waals surface area contributed by atoms with Gasteiger partial charge in [0, 0.05) is 30.2 Å². The van der Waals surface area contributed by atoms with Gasteiger partial charge in [0.05, 0.1) is 22.8 Å². The summed E-state index contributed by atoms with van der Waals surface area (Å²) in [6.07, 6.45) is 1.58. The first-order chi connectivity index (χ1) is 17.0. The van der Waals surface area contributed by atoms with Crippen LogP contribution in [0.15, 0.2) is 60.7 Å². The van der Waals surface area contributed by atoms with E-state index in [9.17, 15) is 14.0 Å². The number of amides is 2. The van der Waals surface area contributed by atoms with E-state index in [1.807, 2.05) is 43.3 Å². The van der Waals surface area contributed by atoms with Gasteiger partial charge in [0.25, 0.3) is 5.91 Å². The maximum Gasteiger partial charge on any atom is 0.261 e. The molecule has 35 heavy (non-hydrogen) atoms. The van der Waals surface area contributed by atoms with Gasteiger partial charge in [-0.25, -0.2) is 9.07 Å². The Bertz CT molecular complexity index is 1340. The number of thiophene rings is 1. The zero-order valence-corrected chi connectivity index (χ0v) is 20.1. The van der Waals surface area contributed by atoms with E-state index in [-0.39, 0.29) is 23.7 Å². The lowest BCUT2D eigenvalue weighted by Gasteiger charge is -2.31. The standard InChI is InChI=1S/C26H26FN5O2S/c1-17-22-15-23(35-26(22)32(30-17)21-9-7-18(27)8-10-21)25(34)29-20-11-13-31(14-12-20)16-24(33)28-19-5-3-2-4-6-19/h2-10,15,20H,11-14,16H2,1H3,(H,28,33)(H,29,34). The number of halogens is 1. The van der Waals surface area contributed by atoms with Crippen LogP contribution in [0.25, 0.3) is 15.9 Å². The Morgan fingerprint density at radius 3 is 2.51 bits per heavy atom. The van der Waals surface area contributed by atoms with E-state index >= 15 is 0 Å². The molecule has 1 fully saturated rings. The highest BCUT2D eigenvalue weighted by Crippen LogP contribution is 2.30. The molecular formula is C26H26FN5O2S. The summed E-state index contributed by atoms with van der Waals surface area (Å²) in [7, 11) is 0. The van der Waals surface area contributed by atoms with E-state index in [1.54, 1.807) is 16.8 Å². The number of nitrogens with one attached hydrogen (secondary N) is 2. The Morgan fingerprint density at radius 2 is 1.80 bits per heavy atom. The van der Waals surface area contributed by atoms with Crippen LogP contribution in [0.3, 0.4) is 0 Å². The third-order valence-corrected chi connectivity index (χ3v) is 7.30. The number of anilines is 1. The number of hydrogen-bond donors (Lipinski definition) is 2. The maximum atomic E-state index is 13.3. The van der Waals surface area contributed by atoms with Crippen LogP contribution in [0.5, 0.6) is 0 Å². The first-order valence-corrected chi connectivity index (χ1v) is 12.4. The number of hydrogen-bond acceptors (Lipinski definition) is 5. The van der Waals surface area contributed by atoms with Gasteiger partial charge >= 0.3 is 0 Å². The molecule has 2 aromatic carbocycles. The molecule has 2 aromatic heterocycles. The molecule has 1 saturated heterocycles. The number of benzene rings is 2. The van der Waals surface area contributed by atoms with Crippen molar-refractivity contribution in [2.45, 2.75) is 25.8 Å². The highest BCUT2D eigenvalue weighted by atomic mass is 32.1. The zero-order chi connectivity index (χ0) is 24.4. The fraction of sp³-hybridized carbons (Fsp3) is 0.269. The molecule has 0 saturated carbocycles. The Morgan fingerprint density at radius 1 is 1.09 bits per heavy atom. The first kappa shape index (κ1) is 23.2. The minimum Gasteiger partial charge on any atom is -0.349 e. The lowest BCUT2D eigenvalue weighted by molar-refractivity contribution is -0.117. The lowest BCUT2D eigenvalue weighted by atomic mass is 10.0. The van der Waals surface area contributed by atoms with Crippen molar-refractivity contribution in [3.63, 3.8) is 0 Å². The van der Waals surface area contributed by atoms with Crippen LogP contribution < -0.4 is 10.6 Å². The minimum atomic E-state index is -0.303. The van der Waals surface area contributed by atoms with Gasteiger partial charge in [0.2, 0.25) is 5.91 Å². The predicted octanol–water partition coefficient (Wildman–Crippen LogP) is 4.37. The number of para-hydroxylation sites is 1. The van der Waals surface area contributed by atoms with Crippen LogP contribution in [0.2, 0.25) is 0 Å². The summed E-state index contributed by atoms with van der Waals surface area (Å²) in [5, 5.41) is 11.5. The van der Waals surface area contributed by atoms with Crippen LogP contribution in [-0.4, -0.2) is 52.2 Å². The lowest BCUT2D eigenvalue weighted by Crippen LogP contribution is -2.46. The molecule has 7 nitrogen and oxygen atoms in total. The molecule has 2 amide bonds. The van der Waals surface area contributed by atoms with Crippen molar-refractivity contribution in [1.29, 1.82) is 0 Å².